The predicted octanol–water partition coefficient (Wildman–Crippen LogP) is -3.83. The molecule has 0 aromatic rings. The molecule has 0 radical (unpaired) electrons. The van der Waals surface area contributed by atoms with Gasteiger partial charge < -0.3 is 35.9 Å². The second-order valence-corrected chi connectivity index (χ2v) is 2.51. The van der Waals surface area contributed by atoms with Crippen LogP contribution in [0.25, 0.3) is 0 Å². The van der Waals surface area contributed by atoms with Gasteiger partial charge in [-0.15, -0.1) is 0 Å². The second-order valence-electron chi connectivity index (χ2n) is 2.51. The predicted molar refractivity (Wildman–Crippen MR) is 37.9 cm³/mol. The molecule has 88 valence electrons. The maximum atomic E-state index is 10.4. The number of carboxylic acids is 2. The van der Waals surface area contributed by atoms with Gasteiger partial charge in [0.15, 0.2) is 0 Å². The summed E-state index contributed by atoms with van der Waals surface area (Å²) in [6.07, 6.45) is -2.59. The third-order valence-electron chi connectivity index (χ3n) is 1.36. The van der Waals surface area contributed by atoms with Crippen LogP contribution in [0.1, 0.15) is 12.8 Å². The summed E-state index contributed by atoms with van der Waals surface area (Å²) in [5.74, 6) is -5.56. The minimum absolute atomic E-state index is 0. The van der Waals surface area contributed by atoms with Crippen LogP contribution in [0.2, 0.25) is 0 Å². The van der Waals surface area contributed by atoms with Crippen molar-refractivity contribution in [3.63, 3.8) is 0 Å². The first-order valence-electron chi connectivity index (χ1n) is 3.30. The number of hydrogen-bond donors (Lipinski definition) is 3. The standard InChI is InChI=1S/C6H8O8.H3N.Ti/c7-3(8)1-6(12,5(10)11)2-4(9)14-13;;/h12-13H,1-2H2,(H,7,8)(H,10,11);1H3;/q;;+4/p-2. The van der Waals surface area contributed by atoms with Crippen molar-refractivity contribution in [2.24, 2.45) is 0 Å². The molecular weight excluding hydrogens is 262 g/mol. The van der Waals surface area contributed by atoms with Gasteiger partial charge in [0.05, 0.1) is 12.4 Å². The van der Waals surface area contributed by atoms with Crippen LogP contribution in [0.4, 0.5) is 0 Å². The molecule has 0 fully saturated rings. The number of carboxylic acid groups (broad SMARTS) is 2. The molecule has 1 atom stereocenters. The molecule has 5 N–H and O–H groups in total. The Morgan fingerprint density at radius 2 is 1.62 bits per heavy atom. The monoisotopic (exact) mass is 271 g/mol. The van der Waals surface area contributed by atoms with Crippen LogP contribution in [0, 0.1) is 0 Å². The molecule has 0 rings (SSSR count). The Kier molecular flexibility index (Phi) is 10.5. The first-order valence-corrected chi connectivity index (χ1v) is 3.30. The van der Waals surface area contributed by atoms with Crippen molar-refractivity contribution in [2.45, 2.75) is 18.4 Å². The van der Waals surface area contributed by atoms with Crippen LogP contribution in [-0.2, 0) is 41.0 Å². The zero-order chi connectivity index (χ0) is 11.4. The maximum absolute atomic E-state index is 10.4. The summed E-state index contributed by atoms with van der Waals surface area (Å²) in [6.45, 7) is 0. The molecule has 0 aliphatic carbocycles. The summed E-state index contributed by atoms with van der Waals surface area (Å²) in [5.41, 5.74) is -2.95. The molecule has 9 nitrogen and oxygen atoms in total. The fraction of sp³-hybridized carbons (Fsp3) is 0.500. The molecule has 0 spiro atoms. The normalized spacial score (nSPS) is 12.4. The molecule has 16 heavy (non-hydrogen) atoms. The van der Waals surface area contributed by atoms with E-state index in [1.807, 2.05) is 0 Å². The Bertz CT molecular complexity index is 269. The summed E-state index contributed by atoms with van der Waals surface area (Å²) < 4.78 is 0. The third-order valence-corrected chi connectivity index (χ3v) is 1.36. The topological polar surface area (TPSA) is 182 Å². The fourth-order valence-corrected chi connectivity index (χ4v) is 0.717. The van der Waals surface area contributed by atoms with Gasteiger partial charge in [0.2, 0.25) is 0 Å². The van der Waals surface area contributed by atoms with Crippen molar-refractivity contribution in [3.8, 4) is 0 Å². The first kappa shape index (κ1) is 20.4. The molecule has 0 heterocycles. The van der Waals surface area contributed by atoms with E-state index in [2.05, 4.69) is 4.89 Å². The van der Waals surface area contributed by atoms with Crippen molar-refractivity contribution >= 4 is 17.9 Å². The number of aliphatic hydroxyl groups is 1. The van der Waals surface area contributed by atoms with Gasteiger partial charge in [0.1, 0.15) is 5.60 Å². The third kappa shape index (κ3) is 6.48. The Hall–Kier alpha value is -0.996. The zero-order valence-corrected chi connectivity index (χ0v) is 9.53. The summed E-state index contributed by atoms with van der Waals surface area (Å²) in [5, 5.41) is 37.1. The van der Waals surface area contributed by atoms with E-state index in [9.17, 15) is 24.6 Å². The zero-order valence-electron chi connectivity index (χ0n) is 7.97. The molecule has 10 heteroatoms. The van der Waals surface area contributed by atoms with Crippen molar-refractivity contribution < 1.29 is 61.6 Å². The molecule has 0 bridgehead atoms. The van der Waals surface area contributed by atoms with E-state index in [4.69, 9.17) is 10.4 Å². The van der Waals surface area contributed by atoms with E-state index >= 15 is 0 Å². The molecule has 0 aliphatic rings. The van der Waals surface area contributed by atoms with E-state index < -0.39 is 36.4 Å². The molecule has 0 amide bonds. The van der Waals surface area contributed by atoms with Gasteiger partial charge in [0, 0.05) is 12.4 Å². The Balaban J connectivity index is -0.000000845. The number of rotatable bonds is 5. The molecule has 0 saturated heterocycles. The van der Waals surface area contributed by atoms with E-state index in [1.54, 1.807) is 0 Å². The smallest absolute Gasteiger partial charge is 0.550 e. The number of hydrogen-bond acceptors (Lipinski definition) is 9. The minimum Gasteiger partial charge on any atom is -0.550 e. The molecular formula is C6H9NO8Ti+2. The maximum Gasteiger partial charge on any atom is 4.00 e. The first-order chi connectivity index (χ1) is 6.31. The minimum atomic E-state index is -2.95. The van der Waals surface area contributed by atoms with E-state index in [0.717, 1.165) is 0 Å². The van der Waals surface area contributed by atoms with Gasteiger partial charge in [-0.05, 0) is 0 Å². The van der Waals surface area contributed by atoms with Crippen molar-refractivity contribution in [3.05, 3.63) is 0 Å². The van der Waals surface area contributed by atoms with E-state index in [0.29, 0.717) is 0 Å². The van der Waals surface area contributed by atoms with Gasteiger partial charge in [-0.3, -0.25) is 0 Å². The molecule has 0 aromatic heterocycles. The summed E-state index contributed by atoms with van der Waals surface area (Å²) in [7, 11) is 0. The quantitative estimate of drug-likeness (QED) is 0.256. The molecule has 0 aliphatic heterocycles. The van der Waals surface area contributed by atoms with Crippen LogP contribution < -0.4 is 16.4 Å². The van der Waals surface area contributed by atoms with Gasteiger partial charge in [-0.1, -0.05) is 0 Å². The van der Waals surface area contributed by atoms with E-state index in [1.165, 1.54) is 0 Å². The van der Waals surface area contributed by atoms with Gasteiger partial charge in [-0.25, -0.2) is 4.79 Å². The molecule has 0 saturated carbocycles. The summed E-state index contributed by atoms with van der Waals surface area (Å²) in [4.78, 5) is 33.7. The Morgan fingerprint density at radius 1 is 1.19 bits per heavy atom. The van der Waals surface area contributed by atoms with Crippen LogP contribution in [0.5, 0.6) is 0 Å². The van der Waals surface area contributed by atoms with Crippen molar-refractivity contribution in [1.29, 1.82) is 0 Å². The van der Waals surface area contributed by atoms with Crippen molar-refractivity contribution in [2.75, 3.05) is 0 Å². The average Bonchev–Trinajstić information content (AvgIpc) is 2.02. The van der Waals surface area contributed by atoms with Crippen LogP contribution >= 0.6 is 0 Å². The Labute approximate surface area is 104 Å². The SMILES string of the molecule is N.O=C([O-])CC(O)(CC(=O)OO)C(=O)[O-].[Ti+4]. The number of carbonyl (C=O) groups is 3. The second kappa shape index (κ2) is 8.19. The molecule has 0 aromatic carbocycles. The van der Waals surface area contributed by atoms with Crippen LogP contribution in [0.15, 0.2) is 0 Å². The fourth-order valence-electron chi connectivity index (χ4n) is 0.717. The molecule has 1 unspecified atom stereocenters. The van der Waals surface area contributed by atoms with Gasteiger partial charge in [0.25, 0.3) is 0 Å². The number of aliphatic carboxylic acids is 2. The summed E-state index contributed by atoms with van der Waals surface area (Å²) in [6, 6.07) is 0. The van der Waals surface area contributed by atoms with Crippen molar-refractivity contribution in [1.82, 2.24) is 6.15 Å². The van der Waals surface area contributed by atoms with Crippen LogP contribution in [-0.4, -0.2) is 33.9 Å². The van der Waals surface area contributed by atoms with E-state index in [-0.39, 0.29) is 27.9 Å². The Morgan fingerprint density at radius 3 is 1.88 bits per heavy atom. The van der Waals surface area contributed by atoms with Gasteiger partial charge in [-0.2, -0.15) is 5.26 Å². The van der Waals surface area contributed by atoms with Crippen LogP contribution in [0.3, 0.4) is 0 Å². The average molecular weight is 271 g/mol. The van der Waals surface area contributed by atoms with Gasteiger partial charge >= 0.3 is 27.7 Å². The number of carbonyl (C=O) groups excluding carboxylic acids is 3. The summed E-state index contributed by atoms with van der Waals surface area (Å²) >= 11 is 0. The largest absolute Gasteiger partial charge is 4.00 e.